The number of pyridine rings is 1. The predicted molar refractivity (Wildman–Crippen MR) is 91.5 cm³/mol. The number of benzene rings is 1. The lowest BCUT2D eigenvalue weighted by Gasteiger charge is -2.11. The Labute approximate surface area is 147 Å². The minimum absolute atomic E-state index is 0.263. The minimum atomic E-state index is -0.708. The molecule has 0 aliphatic rings. The summed E-state index contributed by atoms with van der Waals surface area (Å²) in [5.41, 5.74) is 0.674. The molecule has 0 atom stereocenters. The minimum Gasteiger partial charge on any atom is -0.454 e. The number of ether oxygens (including phenoxy) is 1. The van der Waals surface area contributed by atoms with Crippen LogP contribution in [0.5, 0.6) is 0 Å². The van der Waals surface area contributed by atoms with Gasteiger partial charge in [0.15, 0.2) is 6.61 Å². The van der Waals surface area contributed by atoms with Gasteiger partial charge in [0.25, 0.3) is 11.5 Å². The highest BCUT2D eigenvalue weighted by atomic mass is 35.5. The topological polar surface area (TPSA) is 77.4 Å². The number of carbonyl (C=O) groups is 2. The molecule has 0 bridgehead atoms. The van der Waals surface area contributed by atoms with Gasteiger partial charge in [-0.25, -0.2) is 0 Å². The van der Waals surface area contributed by atoms with Crippen molar-refractivity contribution in [3.8, 4) is 0 Å². The molecule has 2 aromatic rings. The lowest BCUT2D eigenvalue weighted by Crippen LogP contribution is -2.27. The highest BCUT2D eigenvalue weighted by molar-refractivity contribution is 6.40. The van der Waals surface area contributed by atoms with Gasteiger partial charge in [-0.2, -0.15) is 0 Å². The first-order chi connectivity index (χ1) is 11.4. The number of hydrogen-bond acceptors (Lipinski definition) is 4. The molecule has 0 spiro atoms. The first kappa shape index (κ1) is 18.0. The van der Waals surface area contributed by atoms with E-state index in [2.05, 4.69) is 5.32 Å². The maximum atomic E-state index is 11.9. The average Bonchev–Trinajstić information content (AvgIpc) is 2.55. The van der Waals surface area contributed by atoms with E-state index in [1.54, 1.807) is 31.2 Å². The van der Waals surface area contributed by atoms with Gasteiger partial charge in [0, 0.05) is 12.3 Å². The molecule has 0 aliphatic heterocycles. The summed E-state index contributed by atoms with van der Waals surface area (Å²) in [4.78, 5) is 35.1. The van der Waals surface area contributed by atoms with Crippen molar-refractivity contribution >= 4 is 40.8 Å². The highest BCUT2D eigenvalue weighted by Gasteiger charge is 2.14. The molecule has 0 radical (unpaired) electrons. The van der Waals surface area contributed by atoms with Crippen molar-refractivity contribution in [2.24, 2.45) is 0 Å². The van der Waals surface area contributed by atoms with E-state index in [1.807, 2.05) is 0 Å². The van der Waals surface area contributed by atoms with E-state index in [0.29, 0.717) is 5.02 Å². The predicted octanol–water partition coefficient (Wildman–Crippen LogP) is 2.65. The van der Waals surface area contributed by atoms with Crippen LogP contribution in [0.3, 0.4) is 0 Å². The number of nitrogens with zero attached hydrogens (tertiary/aromatic N) is 1. The highest BCUT2D eigenvalue weighted by Crippen LogP contribution is 2.32. The second-order valence-electron chi connectivity index (χ2n) is 4.93. The number of anilines is 1. The number of carbonyl (C=O) groups excluding carboxylic acids is 2. The van der Waals surface area contributed by atoms with E-state index in [-0.39, 0.29) is 22.8 Å². The number of hydrogen-bond donors (Lipinski definition) is 1. The van der Waals surface area contributed by atoms with Gasteiger partial charge in [-0.1, -0.05) is 35.3 Å². The van der Waals surface area contributed by atoms with Crippen LogP contribution in [0.2, 0.25) is 10.0 Å². The SMILES string of the molecule is Cc1ccc(Cl)c(NC(=O)COC(=O)Cn2ccccc2=O)c1Cl. The molecule has 6 nitrogen and oxygen atoms in total. The van der Waals surface area contributed by atoms with Gasteiger partial charge < -0.3 is 14.6 Å². The Balaban J connectivity index is 1.92. The van der Waals surface area contributed by atoms with Crippen LogP contribution in [0, 0.1) is 6.92 Å². The Kier molecular flexibility index (Phi) is 6.00. The van der Waals surface area contributed by atoms with Gasteiger partial charge in [0.2, 0.25) is 0 Å². The molecule has 0 aliphatic carbocycles. The Morgan fingerprint density at radius 3 is 2.67 bits per heavy atom. The maximum Gasteiger partial charge on any atom is 0.326 e. The van der Waals surface area contributed by atoms with Gasteiger partial charge in [0.05, 0.1) is 15.7 Å². The van der Waals surface area contributed by atoms with E-state index in [4.69, 9.17) is 27.9 Å². The smallest absolute Gasteiger partial charge is 0.326 e. The Morgan fingerprint density at radius 2 is 1.96 bits per heavy atom. The largest absolute Gasteiger partial charge is 0.454 e. The molecule has 1 heterocycles. The number of aromatic nitrogens is 1. The molecular weight excluding hydrogens is 355 g/mol. The van der Waals surface area contributed by atoms with Gasteiger partial charge in [0.1, 0.15) is 6.54 Å². The van der Waals surface area contributed by atoms with E-state index >= 15 is 0 Å². The average molecular weight is 369 g/mol. The molecule has 1 aromatic carbocycles. The zero-order valence-corrected chi connectivity index (χ0v) is 14.2. The molecule has 8 heteroatoms. The van der Waals surface area contributed by atoms with Crippen LogP contribution in [0.4, 0.5) is 5.69 Å². The molecule has 24 heavy (non-hydrogen) atoms. The third-order valence-electron chi connectivity index (χ3n) is 3.11. The number of nitrogens with one attached hydrogen (secondary N) is 1. The first-order valence-corrected chi connectivity index (χ1v) is 7.69. The summed E-state index contributed by atoms with van der Waals surface area (Å²) in [5.74, 6) is -1.29. The molecule has 0 unspecified atom stereocenters. The van der Waals surface area contributed by atoms with Crippen LogP contribution >= 0.6 is 23.2 Å². The zero-order valence-electron chi connectivity index (χ0n) is 12.7. The van der Waals surface area contributed by atoms with Crippen molar-refractivity contribution in [1.82, 2.24) is 4.57 Å². The quantitative estimate of drug-likeness (QED) is 0.822. The fraction of sp³-hybridized carbons (Fsp3) is 0.188. The van der Waals surface area contributed by atoms with E-state index < -0.39 is 18.5 Å². The van der Waals surface area contributed by atoms with Crippen LogP contribution in [-0.2, 0) is 20.9 Å². The summed E-state index contributed by atoms with van der Waals surface area (Å²) in [6.45, 7) is 0.978. The van der Waals surface area contributed by atoms with Crippen molar-refractivity contribution in [2.45, 2.75) is 13.5 Å². The van der Waals surface area contributed by atoms with Crippen molar-refractivity contribution in [2.75, 3.05) is 11.9 Å². The standard InChI is InChI=1S/C16H14Cl2N2O4/c1-10-5-6-11(17)16(15(10)18)19-12(21)9-24-14(23)8-20-7-3-2-4-13(20)22/h2-7H,8-9H2,1H3,(H,19,21). The van der Waals surface area contributed by atoms with E-state index in [0.717, 1.165) is 5.56 Å². The summed E-state index contributed by atoms with van der Waals surface area (Å²) in [6, 6.07) is 7.82. The molecule has 1 amide bonds. The van der Waals surface area contributed by atoms with Crippen LogP contribution in [-0.4, -0.2) is 23.1 Å². The molecule has 0 saturated carbocycles. The Hall–Kier alpha value is -2.31. The van der Waals surface area contributed by atoms with E-state index in [1.165, 1.54) is 16.8 Å². The third kappa shape index (κ3) is 4.59. The molecule has 0 fully saturated rings. The summed E-state index contributed by atoms with van der Waals surface area (Å²) in [7, 11) is 0. The molecule has 2 rings (SSSR count). The Bertz CT molecular complexity index is 833. The summed E-state index contributed by atoms with van der Waals surface area (Å²) in [5, 5.41) is 3.10. The molecule has 0 saturated heterocycles. The fourth-order valence-electron chi connectivity index (χ4n) is 1.87. The monoisotopic (exact) mass is 368 g/mol. The van der Waals surface area contributed by atoms with Gasteiger partial charge >= 0.3 is 5.97 Å². The van der Waals surface area contributed by atoms with Crippen molar-refractivity contribution < 1.29 is 14.3 Å². The van der Waals surface area contributed by atoms with Crippen LogP contribution in [0.25, 0.3) is 0 Å². The molecule has 1 aromatic heterocycles. The lowest BCUT2D eigenvalue weighted by atomic mass is 10.2. The molecule has 1 N–H and O–H groups in total. The Morgan fingerprint density at radius 1 is 1.21 bits per heavy atom. The van der Waals surface area contributed by atoms with Gasteiger partial charge in [-0.15, -0.1) is 0 Å². The van der Waals surface area contributed by atoms with Gasteiger partial charge in [-0.3, -0.25) is 14.4 Å². The first-order valence-electron chi connectivity index (χ1n) is 6.94. The summed E-state index contributed by atoms with van der Waals surface area (Å²) >= 11 is 12.1. The third-order valence-corrected chi connectivity index (χ3v) is 3.91. The van der Waals surface area contributed by atoms with Crippen LogP contribution in [0.1, 0.15) is 5.56 Å². The number of esters is 1. The number of halogens is 2. The van der Waals surface area contributed by atoms with Crippen molar-refractivity contribution in [3.63, 3.8) is 0 Å². The number of amides is 1. The fourth-order valence-corrected chi connectivity index (χ4v) is 2.33. The number of aryl methyl sites for hydroxylation is 1. The molecule has 126 valence electrons. The molecular formula is C16H14Cl2N2O4. The van der Waals surface area contributed by atoms with Crippen LogP contribution in [0.15, 0.2) is 41.3 Å². The van der Waals surface area contributed by atoms with Crippen LogP contribution < -0.4 is 10.9 Å². The second-order valence-corrected chi connectivity index (χ2v) is 5.71. The lowest BCUT2D eigenvalue weighted by molar-refractivity contribution is -0.147. The van der Waals surface area contributed by atoms with E-state index in [9.17, 15) is 14.4 Å². The number of rotatable bonds is 5. The second kappa shape index (κ2) is 7.99. The van der Waals surface area contributed by atoms with Crippen molar-refractivity contribution in [3.05, 3.63) is 62.5 Å². The zero-order chi connectivity index (χ0) is 17.7. The summed E-state index contributed by atoms with van der Waals surface area (Å²) in [6.07, 6.45) is 1.45. The normalized spacial score (nSPS) is 10.3. The van der Waals surface area contributed by atoms with Gasteiger partial charge in [-0.05, 0) is 24.6 Å². The summed E-state index contributed by atoms with van der Waals surface area (Å²) < 4.78 is 6.02. The van der Waals surface area contributed by atoms with Crippen molar-refractivity contribution in [1.29, 1.82) is 0 Å². The maximum absolute atomic E-state index is 11.9.